The molecule has 20 heteroatoms. The van der Waals surface area contributed by atoms with Crippen LogP contribution in [0.2, 0.25) is 0 Å². The summed E-state index contributed by atoms with van der Waals surface area (Å²) in [5.41, 5.74) is 22.1. The van der Waals surface area contributed by atoms with Crippen LogP contribution in [0, 0.1) is 5.92 Å². The molecule has 0 bridgehead atoms. The van der Waals surface area contributed by atoms with Gasteiger partial charge in [0, 0.05) is 19.3 Å². The fourth-order valence-electron chi connectivity index (χ4n) is 5.34. The third-order valence-corrected chi connectivity index (χ3v) is 8.85. The molecule has 7 atom stereocenters. The molecule has 1 aromatic carbocycles. The Morgan fingerprint density at radius 2 is 1.14 bits per heavy atom. The Bertz CT molecular complexity index is 1510. The zero-order valence-electron chi connectivity index (χ0n) is 32.1. The summed E-state index contributed by atoms with van der Waals surface area (Å²) in [4.78, 5) is 114. The Hall–Kier alpha value is -5.63. The molecule has 1 aromatic rings. The van der Waals surface area contributed by atoms with Gasteiger partial charge in [-0.1, -0.05) is 50.6 Å². The highest BCUT2D eigenvalue weighted by molar-refractivity contribution is 5.97. The summed E-state index contributed by atoms with van der Waals surface area (Å²) in [5, 5.41) is 24.6. The predicted molar refractivity (Wildman–Crippen MR) is 203 cm³/mol. The summed E-state index contributed by atoms with van der Waals surface area (Å²) in [6.07, 6.45) is 0.356. The lowest BCUT2D eigenvalue weighted by molar-refractivity contribution is -0.142. The van der Waals surface area contributed by atoms with E-state index in [9.17, 15) is 48.3 Å². The first-order valence-electron chi connectivity index (χ1n) is 18.5. The van der Waals surface area contributed by atoms with Crippen LogP contribution in [0.15, 0.2) is 30.3 Å². The van der Waals surface area contributed by atoms with Crippen LogP contribution in [0.5, 0.6) is 0 Å². The van der Waals surface area contributed by atoms with Gasteiger partial charge in [0.25, 0.3) is 0 Å². The van der Waals surface area contributed by atoms with Crippen molar-refractivity contribution in [3.63, 3.8) is 0 Å². The van der Waals surface area contributed by atoms with Gasteiger partial charge in [0.05, 0.1) is 6.54 Å². The van der Waals surface area contributed by atoms with Gasteiger partial charge in [0.15, 0.2) is 0 Å². The van der Waals surface area contributed by atoms with Gasteiger partial charge in [-0.15, -0.1) is 0 Å². The molecule has 312 valence electrons. The average molecular weight is 791 g/mol. The maximum absolute atomic E-state index is 13.9. The monoisotopic (exact) mass is 790 g/mol. The number of carboxylic acid groups (broad SMARTS) is 1. The number of aliphatic carboxylic acids is 1. The van der Waals surface area contributed by atoms with Crippen LogP contribution in [-0.2, 0) is 49.6 Å². The van der Waals surface area contributed by atoms with Crippen LogP contribution in [-0.4, -0.2) is 108 Å². The van der Waals surface area contributed by atoms with Gasteiger partial charge in [-0.05, 0) is 57.1 Å². The lowest BCUT2D eigenvalue weighted by Gasteiger charge is -2.29. The van der Waals surface area contributed by atoms with Crippen molar-refractivity contribution in [2.45, 2.75) is 115 Å². The Labute approximate surface area is 325 Å². The minimum Gasteiger partial charge on any atom is -0.480 e. The molecule has 0 aliphatic rings. The van der Waals surface area contributed by atoms with E-state index < -0.39 is 102 Å². The van der Waals surface area contributed by atoms with Crippen molar-refractivity contribution in [1.29, 1.82) is 0 Å². The molecule has 0 saturated heterocycles. The van der Waals surface area contributed by atoms with Gasteiger partial charge < -0.3 is 59.9 Å². The average Bonchev–Trinajstić information content (AvgIpc) is 3.15. The predicted octanol–water partition coefficient (Wildman–Crippen LogP) is -3.09. The Morgan fingerprint density at radius 1 is 0.625 bits per heavy atom. The summed E-state index contributed by atoms with van der Waals surface area (Å²) in [7, 11) is 0. The van der Waals surface area contributed by atoms with Crippen LogP contribution in [0.4, 0.5) is 0 Å². The van der Waals surface area contributed by atoms with Gasteiger partial charge in [-0.3, -0.25) is 38.4 Å². The van der Waals surface area contributed by atoms with Crippen molar-refractivity contribution in [3.8, 4) is 0 Å². The first kappa shape index (κ1) is 48.4. The second kappa shape index (κ2) is 25.4. The molecule has 0 radical (unpaired) electrons. The van der Waals surface area contributed by atoms with Crippen LogP contribution >= 0.6 is 0 Å². The van der Waals surface area contributed by atoms with E-state index in [1.165, 1.54) is 6.92 Å². The Kier molecular flexibility index (Phi) is 22.0. The Balaban J connectivity index is 3.34. The van der Waals surface area contributed by atoms with Gasteiger partial charge >= 0.3 is 5.97 Å². The summed E-state index contributed by atoms with van der Waals surface area (Å²) >= 11 is 0. The number of carbonyl (C=O) groups excluding carboxylic acids is 8. The zero-order valence-corrected chi connectivity index (χ0v) is 32.1. The van der Waals surface area contributed by atoms with Gasteiger partial charge in [-0.25, -0.2) is 4.79 Å². The van der Waals surface area contributed by atoms with Crippen molar-refractivity contribution in [2.24, 2.45) is 28.9 Å². The topological polar surface area (TPSA) is 350 Å². The molecule has 8 amide bonds. The van der Waals surface area contributed by atoms with E-state index in [0.717, 1.165) is 0 Å². The number of hydrogen-bond donors (Lipinski definition) is 11. The second-order valence-electron chi connectivity index (χ2n) is 13.4. The summed E-state index contributed by atoms with van der Waals surface area (Å²) in [5.74, 6) is -7.99. The molecule has 0 aromatic heterocycles. The van der Waals surface area contributed by atoms with E-state index in [-0.39, 0.29) is 38.5 Å². The maximum Gasteiger partial charge on any atom is 0.326 e. The normalized spacial score (nSPS) is 14.6. The van der Waals surface area contributed by atoms with Crippen molar-refractivity contribution in [1.82, 2.24) is 31.9 Å². The maximum atomic E-state index is 13.9. The number of benzene rings is 1. The largest absolute Gasteiger partial charge is 0.480 e. The van der Waals surface area contributed by atoms with Gasteiger partial charge in [0.1, 0.15) is 36.3 Å². The molecule has 0 aliphatic carbocycles. The van der Waals surface area contributed by atoms with Crippen LogP contribution in [0.3, 0.4) is 0 Å². The number of amides is 8. The number of primary amides is 2. The van der Waals surface area contributed by atoms with Crippen LogP contribution < -0.4 is 54.8 Å². The molecule has 1 rings (SSSR count). The highest BCUT2D eigenvalue weighted by Gasteiger charge is 2.34. The number of hydrogen-bond acceptors (Lipinski definition) is 11. The van der Waals surface area contributed by atoms with E-state index in [4.69, 9.17) is 22.9 Å². The molecular formula is C36H58N10O10. The molecule has 20 nitrogen and oxygen atoms in total. The highest BCUT2D eigenvalue weighted by Crippen LogP contribution is 2.12. The molecule has 0 fully saturated rings. The molecule has 56 heavy (non-hydrogen) atoms. The SMILES string of the molecule is CC[C@H](C)[C@H](NC(=O)[C@H](CCC(N)=O)NC(=O)CN)C(=O)N[C@@H](CCCCN)C(=O)N[C@@H](Cc1ccccc1)C(=O)N[C@@H](C)C(=O)N[C@@H](CCC(N)=O)C(=O)O. The summed E-state index contributed by atoms with van der Waals surface area (Å²) in [6.45, 7) is 4.63. The van der Waals surface area contributed by atoms with Gasteiger partial charge in [-0.2, -0.15) is 0 Å². The first-order valence-corrected chi connectivity index (χ1v) is 18.5. The lowest BCUT2D eigenvalue weighted by Crippen LogP contribution is -2.60. The summed E-state index contributed by atoms with van der Waals surface area (Å²) in [6, 6.07) is 0.917. The third-order valence-electron chi connectivity index (χ3n) is 8.85. The lowest BCUT2D eigenvalue weighted by atomic mass is 9.96. The van der Waals surface area contributed by atoms with E-state index in [1.807, 2.05) is 0 Å². The van der Waals surface area contributed by atoms with E-state index in [0.29, 0.717) is 31.4 Å². The Morgan fingerprint density at radius 3 is 1.68 bits per heavy atom. The number of carbonyl (C=O) groups is 9. The molecule has 0 aliphatic heterocycles. The molecule has 0 spiro atoms. The minimum atomic E-state index is -1.46. The van der Waals surface area contributed by atoms with Crippen molar-refractivity contribution in [3.05, 3.63) is 35.9 Å². The first-order chi connectivity index (χ1) is 26.4. The molecule has 0 saturated carbocycles. The van der Waals surface area contributed by atoms with Gasteiger partial charge in [0.2, 0.25) is 47.3 Å². The fourth-order valence-corrected chi connectivity index (χ4v) is 5.34. The zero-order chi connectivity index (χ0) is 42.4. The van der Waals surface area contributed by atoms with E-state index in [2.05, 4.69) is 31.9 Å². The smallest absolute Gasteiger partial charge is 0.326 e. The summed E-state index contributed by atoms with van der Waals surface area (Å²) < 4.78 is 0. The third kappa shape index (κ3) is 18.1. The number of carboxylic acids is 1. The number of nitrogens with two attached hydrogens (primary N) is 4. The molecule has 0 heterocycles. The molecular weight excluding hydrogens is 732 g/mol. The quantitative estimate of drug-likeness (QED) is 0.0395. The van der Waals surface area contributed by atoms with Crippen molar-refractivity contribution >= 4 is 53.2 Å². The fraction of sp³-hybridized carbons (Fsp3) is 0.583. The molecule has 15 N–H and O–H groups in total. The standard InChI is InChI=1S/C36H58N10O10/c1-4-20(2)30(46-33(52)24(13-15-27(39)47)42-29(49)19-38)35(54)43-23(12-8-9-17-37)32(51)45-26(18-22-10-6-5-7-11-22)34(53)41-21(3)31(50)44-25(36(55)56)14-16-28(40)48/h5-7,10-11,20-21,23-26,30H,4,8-9,12-19,37-38H2,1-3H3,(H2,39,47)(H2,40,48)(H,41,53)(H,42,49)(H,43,54)(H,44,50)(H,45,51)(H,46,52)(H,55,56)/t20-,21-,23-,24-,25-,26-,30-/m0/s1. The van der Waals surface area contributed by atoms with E-state index in [1.54, 1.807) is 44.2 Å². The van der Waals surface area contributed by atoms with Crippen LogP contribution in [0.25, 0.3) is 0 Å². The van der Waals surface area contributed by atoms with Crippen LogP contribution in [0.1, 0.15) is 77.7 Å². The van der Waals surface area contributed by atoms with Crippen molar-refractivity contribution < 1.29 is 48.3 Å². The van der Waals surface area contributed by atoms with E-state index >= 15 is 0 Å². The van der Waals surface area contributed by atoms with Crippen molar-refractivity contribution in [2.75, 3.05) is 13.1 Å². The highest BCUT2D eigenvalue weighted by atomic mass is 16.4. The second-order valence-corrected chi connectivity index (χ2v) is 13.4. The number of rotatable bonds is 27. The number of unbranched alkanes of at least 4 members (excludes halogenated alkanes) is 1. The number of nitrogens with one attached hydrogen (secondary N) is 6. The minimum absolute atomic E-state index is 0.0423. The molecule has 0 unspecified atom stereocenters.